The van der Waals surface area contributed by atoms with Crippen LogP contribution >= 0.6 is 22.6 Å². The Bertz CT molecular complexity index is 880. The van der Waals surface area contributed by atoms with Crippen molar-refractivity contribution in [3.8, 4) is 11.3 Å². The molecule has 108 valence electrons. The van der Waals surface area contributed by atoms with Crippen LogP contribution in [0.3, 0.4) is 0 Å². The molecule has 0 N–H and O–H groups in total. The second kappa shape index (κ2) is 4.90. The number of halogens is 4. The van der Waals surface area contributed by atoms with Crippen LogP contribution in [-0.2, 0) is 6.18 Å². The third-order valence-electron chi connectivity index (χ3n) is 2.96. The Morgan fingerprint density at radius 2 is 1.90 bits per heavy atom. The molecule has 0 fully saturated rings. The van der Waals surface area contributed by atoms with E-state index in [1.165, 1.54) is 18.3 Å². The molecule has 0 aliphatic heterocycles. The zero-order valence-corrected chi connectivity index (χ0v) is 12.5. The van der Waals surface area contributed by atoms with E-state index in [-0.39, 0.29) is 11.3 Å². The molecule has 0 unspecified atom stereocenters. The quantitative estimate of drug-likeness (QED) is 0.570. The van der Waals surface area contributed by atoms with Crippen LogP contribution in [0.5, 0.6) is 0 Å². The zero-order valence-electron chi connectivity index (χ0n) is 10.3. The molecule has 0 atom stereocenters. The van der Waals surface area contributed by atoms with E-state index in [2.05, 4.69) is 0 Å². The molecule has 0 amide bonds. The van der Waals surface area contributed by atoms with Crippen molar-refractivity contribution in [3.05, 3.63) is 62.3 Å². The minimum absolute atomic E-state index is 0.0885. The van der Waals surface area contributed by atoms with Crippen molar-refractivity contribution in [1.29, 1.82) is 0 Å². The Morgan fingerprint density at radius 1 is 1.14 bits per heavy atom. The summed E-state index contributed by atoms with van der Waals surface area (Å²) in [6, 6.07) is 6.31. The normalized spacial score (nSPS) is 12.0. The van der Waals surface area contributed by atoms with Crippen LogP contribution in [0, 0.1) is 3.57 Å². The van der Waals surface area contributed by atoms with E-state index in [0.29, 0.717) is 5.52 Å². The molecular formula is C14H7F3INO2. The molecule has 2 heterocycles. The smallest absolute Gasteiger partial charge is 0.416 e. The van der Waals surface area contributed by atoms with Crippen LogP contribution in [0.1, 0.15) is 5.56 Å². The van der Waals surface area contributed by atoms with Gasteiger partial charge in [-0.1, -0.05) is 12.1 Å². The van der Waals surface area contributed by atoms with Gasteiger partial charge >= 0.3 is 11.8 Å². The molecule has 0 aliphatic carbocycles. The van der Waals surface area contributed by atoms with Crippen LogP contribution in [0.25, 0.3) is 16.8 Å². The van der Waals surface area contributed by atoms with Gasteiger partial charge in [0.1, 0.15) is 5.52 Å². The van der Waals surface area contributed by atoms with Gasteiger partial charge in [0, 0.05) is 15.3 Å². The van der Waals surface area contributed by atoms with Crippen LogP contribution in [0.4, 0.5) is 13.2 Å². The summed E-state index contributed by atoms with van der Waals surface area (Å²) in [5.74, 6) is 0.0885. The summed E-state index contributed by atoms with van der Waals surface area (Å²) in [6.07, 6.45) is -1.25. The largest absolute Gasteiger partial charge is 0.420 e. The lowest BCUT2D eigenvalue weighted by Crippen LogP contribution is -2.06. The molecule has 1 aromatic carbocycles. The van der Waals surface area contributed by atoms with E-state index in [1.54, 1.807) is 16.7 Å². The minimum atomic E-state index is -4.44. The molecule has 3 rings (SSSR count). The van der Waals surface area contributed by atoms with Crippen molar-refractivity contribution in [2.75, 3.05) is 0 Å². The molecule has 0 aliphatic rings. The first-order valence-corrected chi connectivity index (χ1v) is 6.91. The molecular weight excluding hydrogens is 398 g/mol. The average Bonchev–Trinajstić information content (AvgIpc) is 2.79. The maximum atomic E-state index is 12.7. The molecule has 0 saturated heterocycles. The highest BCUT2D eigenvalue weighted by molar-refractivity contribution is 14.1. The van der Waals surface area contributed by atoms with Gasteiger partial charge in [-0.25, -0.2) is 4.79 Å². The number of alkyl halides is 3. The monoisotopic (exact) mass is 405 g/mol. The number of hydrogen-bond donors (Lipinski definition) is 0. The van der Waals surface area contributed by atoms with Crippen molar-refractivity contribution in [1.82, 2.24) is 4.40 Å². The predicted octanol–water partition coefficient (Wildman–Crippen LogP) is 4.18. The molecule has 3 nitrogen and oxygen atoms in total. The number of fused-ring (bicyclic) bond motifs is 1. The summed E-state index contributed by atoms with van der Waals surface area (Å²) < 4.78 is 45.7. The van der Waals surface area contributed by atoms with E-state index < -0.39 is 17.4 Å². The van der Waals surface area contributed by atoms with Gasteiger partial charge in [0.25, 0.3) is 0 Å². The topological polar surface area (TPSA) is 34.6 Å². The summed E-state index contributed by atoms with van der Waals surface area (Å²) in [5, 5.41) is 0. The van der Waals surface area contributed by atoms with E-state index in [9.17, 15) is 18.0 Å². The molecule has 2 aromatic heterocycles. The fourth-order valence-electron chi connectivity index (χ4n) is 2.00. The average molecular weight is 405 g/mol. The molecule has 7 heteroatoms. The minimum Gasteiger partial charge on any atom is -0.420 e. The van der Waals surface area contributed by atoms with Crippen molar-refractivity contribution < 1.29 is 17.6 Å². The van der Waals surface area contributed by atoms with E-state index >= 15 is 0 Å². The Kier molecular flexibility index (Phi) is 3.31. The number of hydrogen-bond acceptors (Lipinski definition) is 2. The summed E-state index contributed by atoms with van der Waals surface area (Å²) in [4.78, 5) is 11.9. The van der Waals surface area contributed by atoms with Crippen LogP contribution in [0.15, 0.2) is 51.9 Å². The molecule has 0 bridgehead atoms. The predicted molar refractivity (Wildman–Crippen MR) is 79.1 cm³/mol. The first-order chi connectivity index (χ1) is 9.84. The van der Waals surface area contributed by atoms with Crippen LogP contribution in [0.2, 0.25) is 0 Å². The van der Waals surface area contributed by atoms with Gasteiger partial charge in [0.15, 0.2) is 5.76 Å². The highest BCUT2D eigenvalue weighted by Crippen LogP contribution is 2.32. The third-order valence-corrected chi connectivity index (χ3v) is 3.55. The number of rotatable bonds is 1. The Morgan fingerprint density at radius 3 is 2.62 bits per heavy atom. The lowest BCUT2D eigenvalue weighted by atomic mass is 10.1. The van der Waals surface area contributed by atoms with Gasteiger partial charge in [0.2, 0.25) is 0 Å². The van der Waals surface area contributed by atoms with E-state index in [1.807, 2.05) is 22.6 Å². The highest BCUT2D eigenvalue weighted by Gasteiger charge is 2.30. The van der Waals surface area contributed by atoms with Gasteiger partial charge in [-0.2, -0.15) is 13.2 Å². The first-order valence-electron chi connectivity index (χ1n) is 5.83. The Labute approximate surface area is 130 Å². The Hall–Kier alpha value is -1.77. The second-order valence-electron chi connectivity index (χ2n) is 4.41. The summed E-state index contributed by atoms with van der Waals surface area (Å²) in [7, 11) is 0. The summed E-state index contributed by atoms with van der Waals surface area (Å²) in [6.45, 7) is 0. The second-order valence-corrected chi connectivity index (χ2v) is 5.66. The fraction of sp³-hybridized carbons (Fsp3) is 0.0714. The van der Waals surface area contributed by atoms with Crippen LogP contribution < -0.4 is 5.63 Å². The standard InChI is InChI=1S/C14H7F3INO2/c15-14(16,17)9-3-1-2-8(4-9)12-7-19-6-10(18)5-11(19)13(20)21-12/h1-7H. The molecule has 21 heavy (non-hydrogen) atoms. The SMILES string of the molecule is O=c1oc(-c2cccc(C(F)(F)F)c2)cn2cc(I)cc12. The lowest BCUT2D eigenvalue weighted by molar-refractivity contribution is -0.137. The van der Waals surface area contributed by atoms with E-state index in [4.69, 9.17) is 4.42 Å². The molecule has 0 radical (unpaired) electrons. The molecule has 0 saturated carbocycles. The number of nitrogens with zero attached hydrogens (tertiary/aromatic N) is 1. The van der Waals surface area contributed by atoms with Gasteiger partial charge in [-0.15, -0.1) is 0 Å². The van der Waals surface area contributed by atoms with Crippen molar-refractivity contribution in [3.63, 3.8) is 0 Å². The molecule has 0 spiro atoms. The first kappa shape index (κ1) is 14.2. The summed E-state index contributed by atoms with van der Waals surface area (Å²) in [5.41, 5.74) is -0.833. The Balaban J connectivity index is 2.19. The van der Waals surface area contributed by atoms with Crippen molar-refractivity contribution in [2.45, 2.75) is 6.18 Å². The fourth-order valence-corrected chi connectivity index (χ4v) is 2.60. The third kappa shape index (κ3) is 2.69. The van der Waals surface area contributed by atoms with Crippen LogP contribution in [-0.4, -0.2) is 4.40 Å². The van der Waals surface area contributed by atoms with Gasteiger partial charge in [-0.3, -0.25) is 0 Å². The lowest BCUT2D eigenvalue weighted by Gasteiger charge is -2.08. The maximum absolute atomic E-state index is 12.7. The number of aromatic nitrogens is 1. The van der Waals surface area contributed by atoms with E-state index in [0.717, 1.165) is 15.7 Å². The highest BCUT2D eigenvalue weighted by atomic mass is 127. The molecule has 3 aromatic rings. The maximum Gasteiger partial charge on any atom is 0.416 e. The van der Waals surface area contributed by atoms with Gasteiger partial charge in [-0.05, 0) is 40.8 Å². The number of benzene rings is 1. The van der Waals surface area contributed by atoms with Gasteiger partial charge < -0.3 is 8.82 Å². The van der Waals surface area contributed by atoms with Gasteiger partial charge in [0.05, 0.1) is 11.8 Å². The summed E-state index contributed by atoms with van der Waals surface area (Å²) >= 11 is 2.04. The van der Waals surface area contributed by atoms with Crippen molar-refractivity contribution in [2.24, 2.45) is 0 Å². The zero-order chi connectivity index (χ0) is 15.2. The van der Waals surface area contributed by atoms with Crippen molar-refractivity contribution >= 4 is 28.1 Å².